The number of carbonyl (C=O) groups excluding carboxylic acids is 1. The maximum atomic E-state index is 11.3. The molecule has 17 heavy (non-hydrogen) atoms. The Bertz CT molecular complexity index is 473. The Morgan fingerprint density at radius 3 is 2.82 bits per heavy atom. The highest BCUT2D eigenvalue weighted by atomic mass is 16.6. The number of pyridine rings is 1. The Labute approximate surface area is 98.4 Å². The maximum Gasteiger partial charge on any atom is 0.290 e. The van der Waals surface area contributed by atoms with Gasteiger partial charge in [-0.05, 0) is 19.4 Å². The molecule has 0 aliphatic carbocycles. The van der Waals surface area contributed by atoms with E-state index in [1.807, 2.05) is 4.90 Å². The van der Waals surface area contributed by atoms with Crippen LogP contribution in [0.25, 0.3) is 0 Å². The summed E-state index contributed by atoms with van der Waals surface area (Å²) in [6.45, 7) is 2.73. The molecule has 2 rings (SSSR count). The van der Waals surface area contributed by atoms with Gasteiger partial charge >= 0.3 is 0 Å². The number of aryl methyl sites for hydroxylation is 1. The van der Waals surface area contributed by atoms with Crippen LogP contribution in [0.4, 0.5) is 11.5 Å². The quantitative estimate of drug-likeness (QED) is 0.573. The van der Waals surface area contributed by atoms with E-state index in [0.29, 0.717) is 24.5 Å². The molecule has 0 radical (unpaired) electrons. The molecule has 1 aromatic heterocycles. The minimum Gasteiger partial charge on any atom is -0.349 e. The van der Waals surface area contributed by atoms with Crippen molar-refractivity contribution in [1.82, 2.24) is 4.98 Å². The first-order valence-electron chi connectivity index (χ1n) is 5.46. The largest absolute Gasteiger partial charge is 0.349 e. The predicted molar refractivity (Wildman–Crippen MR) is 62.1 cm³/mol. The molecule has 1 aliphatic rings. The lowest BCUT2D eigenvalue weighted by Crippen LogP contribution is -2.36. The first kappa shape index (κ1) is 11.5. The molecule has 1 aromatic rings. The van der Waals surface area contributed by atoms with Gasteiger partial charge < -0.3 is 4.90 Å². The van der Waals surface area contributed by atoms with Crippen LogP contribution < -0.4 is 4.90 Å². The van der Waals surface area contributed by atoms with Crippen LogP contribution in [-0.2, 0) is 4.79 Å². The van der Waals surface area contributed by atoms with Gasteiger partial charge in [-0.2, -0.15) is 0 Å². The molecule has 1 aliphatic heterocycles. The highest BCUT2D eigenvalue weighted by molar-refractivity contribution is 5.84. The Morgan fingerprint density at radius 2 is 2.24 bits per heavy atom. The zero-order chi connectivity index (χ0) is 12.4. The molecule has 0 spiro atoms. The molecule has 0 unspecified atom stereocenters. The van der Waals surface area contributed by atoms with Gasteiger partial charge in [0.2, 0.25) is 0 Å². The minimum absolute atomic E-state index is 0.0112. The molecule has 1 saturated heterocycles. The van der Waals surface area contributed by atoms with Crippen molar-refractivity contribution in [3.63, 3.8) is 0 Å². The van der Waals surface area contributed by atoms with E-state index in [-0.39, 0.29) is 11.5 Å². The molecule has 6 nitrogen and oxygen atoms in total. The van der Waals surface area contributed by atoms with Gasteiger partial charge in [0.05, 0.1) is 11.5 Å². The number of aromatic nitrogens is 1. The van der Waals surface area contributed by atoms with Crippen molar-refractivity contribution in [2.24, 2.45) is 0 Å². The molecular weight excluding hydrogens is 222 g/mol. The Kier molecular flexibility index (Phi) is 3.03. The molecule has 0 amide bonds. The monoisotopic (exact) mass is 235 g/mol. The molecule has 0 atom stereocenters. The van der Waals surface area contributed by atoms with Crippen molar-refractivity contribution in [1.29, 1.82) is 0 Å². The second kappa shape index (κ2) is 4.48. The number of ketones is 1. The highest BCUT2D eigenvalue weighted by Crippen LogP contribution is 2.22. The zero-order valence-corrected chi connectivity index (χ0v) is 9.55. The van der Waals surface area contributed by atoms with Crippen molar-refractivity contribution < 1.29 is 9.72 Å². The van der Waals surface area contributed by atoms with Crippen molar-refractivity contribution in [3.05, 3.63) is 27.9 Å². The standard InChI is InChI=1S/C11H13N3O3/c1-8-10(14(16)17)4-5-11(12-8)13-6-2-3-9(15)7-13/h4-5H,2-3,6-7H2,1H3. The summed E-state index contributed by atoms with van der Waals surface area (Å²) >= 11 is 0. The molecule has 1 fully saturated rings. The smallest absolute Gasteiger partial charge is 0.290 e. The van der Waals surface area contributed by atoms with Gasteiger partial charge in [0.15, 0.2) is 5.78 Å². The summed E-state index contributed by atoms with van der Waals surface area (Å²) in [5.41, 5.74) is 0.391. The van der Waals surface area contributed by atoms with Gasteiger partial charge in [-0.15, -0.1) is 0 Å². The summed E-state index contributed by atoms with van der Waals surface area (Å²) < 4.78 is 0. The van der Waals surface area contributed by atoms with Crippen molar-refractivity contribution in [2.75, 3.05) is 18.0 Å². The summed E-state index contributed by atoms with van der Waals surface area (Å²) in [7, 11) is 0. The summed E-state index contributed by atoms with van der Waals surface area (Å²) in [5, 5.41) is 10.7. The highest BCUT2D eigenvalue weighted by Gasteiger charge is 2.20. The van der Waals surface area contributed by atoms with Crippen LogP contribution in [0.3, 0.4) is 0 Å². The molecule has 0 aromatic carbocycles. The molecule has 2 heterocycles. The number of nitro groups is 1. The van der Waals surface area contributed by atoms with E-state index >= 15 is 0 Å². The second-order valence-corrected chi connectivity index (χ2v) is 4.09. The van der Waals surface area contributed by atoms with E-state index in [4.69, 9.17) is 0 Å². The van der Waals surface area contributed by atoms with Gasteiger partial charge in [-0.25, -0.2) is 4.98 Å². The van der Waals surface area contributed by atoms with Crippen molar-refractivity contribution >= 4 is 17.3 Å². The normalized spacial score (nSPS) is 16.1. The Balaban J connectivity index is 2.25. The van der Waals surface area contributed by atoms with E-state index in [1.165, 1.54) is 6.07 Å². The van der Waals surface area contributed by atoms with Crippen LogP contribution in [0.1, 0.15) is 18.5 Å². The van der Waals surface area contributed by atoms with E-state index in [1.54, 1.807) is 13.0 Å². The van der Waals surface area contributed by atoms with Crippen LogP contribution >= 0.6 is 0 Å². The molecule has 6 heteroatoms. The fourth-order valence-corrected chi connectivity index (χ4v) is 1.94. The SMILES string of the molecule is Cc1nc(N2CCCC(=O)C2)ccc1[N+](=O)[O-]. The van der Waals surface area contributed by atoms with E-state index in [0.717, 1.165) is 13.0 Å². The average Bonchev–Trinajstić information content (AvgIpc) is 2.28. The Hall–Kier alpha value is -1.98. The Morgan fingerprint density at radius 1 is 1.47 bits per heavy atom. The predicted octanol–water partition coefficient (Wildman–Crippen LogP) is 1.47. The number of carbonyl (C=O) groups is 1. The third kappa shape index (κ3) is 2.41. The fraction of sp³-hybridized carbons (Fsp3) is 0.455. The number of hydrogen-bond donors (Lipinski definition) is 0. The maximum absolute atomic E-state index is 11.3. The number of nitrogens with zero attached hydrogens (tertiary/aromatic N) is 3. The average molecular weight is 235 g/mol. The first-order chi connectivity index (χ1) is 8.08. The van der Waals surface area contributed by atoms with E-state index in [2.05, 4.69) is 4.98 Å². The third-order valence-electron chi connectivity index (χ3n) is 2.81. The molecule has 0 saturated carbocycles. The van der Waals surface area contributed by atoms with Gasteiger partial charge in [0.1, 0.15) is 11.5 Å². The lowest BCUT2D eigenvalue weighted by atomic mass is 10.1. The summed E-state index contributed by atoms with van der Waals surface area (Å²) in [6, 6.07) is 3.04. The molecule has 90 valence electrons. The summed E-state index contributed by atoms with van der Waals surface area (Å²) in [4.78, 5) is 27.6. The van der Waals surface area contributed by atoms with Crippen LogP contribution in [0.15, 0.2) is 12.1 Å². The van der Waals surface area contributed by atoms with Crippen LogP contribution in [0.5, 0.6) is 0 Å². The van der Waals surface area contributed by atoms with Crippen LogP contribution in [0, 0.1) is 17.0 Å². The summed E-state index contributed by atoms with van der Waals surface area (Å²) in [6.07, 6.45) is 1.43. The minimum atomic E-state index is -0.451. The van der Waals surface area contributed by atoms with Gasteiger partial charge in [0, 0.05) is 19.0 Å². The van der Waals surface area contributed by atoms with Crippen molar-refractivity contribution in [3.8, 4) is 0 Å². The number of rotatable bonds is 2. The van der Waals surface area contributed by atoms with E-state index < -0.39 is 4.92 Å². The zero-order valence-electron chi connectivity index (χ0n) is 9.55. The lowest BCUT2D eigenvalue weighted by molar-refractivity contribution is -0.385. The number of hydrogen-bond acceptors (Lipinski definition) is 5. The van der Waals surface area contributed by atoms with Crippen LogP contribution in [0.2, 0.25) is 0 Å². The lowest BCUT2D eigenvalue weighted by Gasteiger charge is -2.26. The van der Waals surface area contributed by atoms with E-state index in [9.17, 15) is 14.9 Å². The van der Waals surface area contributed by atoms with Gasteiger partial charge in [0.25, 0.3) is 5.69 Å². The third-order valence-corrected chi connectivity index (χ3v) is 2.81. The first-order valence-corrected chi connectivity index (χ1v) is 5.46. The number of anilines is 1. The van der Waals surface area contributed by atoms with Crippen LogP contribution in [-0.4, -0.2) is 28.8 Å². The number of Topliss-reactive ketones (excluding diaryl/α,β-unsaturated/α-hetero) is 1. The molecule has 0 N–H and O–H groups in total. The van der Waals surface area contributed by atoms with Gasteiger partial charge in [-0.3, -0.25) is 14.9 Å². The van der Waals surface area contributed by atoms with Crippen molar-refractivity contribution in [2.45, 2.75) is 19.8 Å². The summed E-state index contributed by atoms with van der Waals surface area (Å²) in [5.74, 6) is 0.829. The topological polar surface area (TPSA) is 76.3 Å². The van der Waals surface area contributed by atoms with Gasteiger partial charge in [-0.1, -0.05) is 0 Å². The number of piperidine rings is 1. The fourth-order valence-electron chi connectivity index (χ4n) is 1.94. The second-order valence-electron chi connectivity index (χ2n) is 4.09. The molecule has 0 bridgehead atoms. The molecular formula is C11H13N3O3.